The fourth-order valence-corrected chi connectivity index (χ4v) is 5.16. The highest BCUT2D eigenvalue weighted by molar-refractivity contribution is 5.82. The summed E-state index contributed by atoms with van der Waals surface area (Å²) in [6.07, 6.45) is 3.88. The Labute approximate surface area is 204 Å². The minimum absolute atomic E-state index is 0.203. The lowest BCUT2D eigenvalue weighted by Crippen LogP contribution is -2.37. The van der Waals surface area contributed by atoms with E-state index in [1.807, 2.05) is 0 Å². The standard InChI is InChI=1S/C26H30N6O3/c1-34-22-14-19-21(15-23(22)35-2)29-26(30-25(19)33)32-13-9-18-17(16-32)6-3-7-20(18)28-24-8-4-11-31(24)12-5-10-27/h3,6-7,14-15,24,28H,4-5,8-9,11-13,16H2,1-2H3,(H,29,30,33). The molecule has 1 aromatic heterocycles. The number of methoxy groups -OCH3 is 2. The second-order valence-corrected chi connectivity index (χ2v) is 8.98. The van der Waals surface area contributed by atoms with E-state index in [-0.39, 0.29) is 11.7 Å². The third kappa shape index (κ3) is 4.49. The van der Waals surface area contributed by atoms with Crippen molar-refractivity contribution in [2.75, 3.05) is 44.1 Å². The Hall–Kier alpha value is -3.77. The fraction of sp³-hybridized carbons (Fsp3) is 0.423. The van der Waals surface area contributed by atoms with E-state index in [2.05, 4.69) is 44.4 Å². The van der Waals surface area contributed by atoms with Crippen LogP contribution in [0, 0.1) is 11.3 Å². The molecule has 5 rings (SSSR count). The molecule has 2 aromatic carbocycles. The number of aromatic amines is 1. The van der Waals surface area contributed by atoms with E-state index in [4.69, 9.17) is 19.7 Å². The fourth-order valence-electron chi connectivity index (χ4n) is 5.16. The lowest BCUT2D eigenvalue weighted by atomic mass is 9.97. The predicted molar refractivity (Wildman–Crippen MR) is 135 cm³/mol. The molecule has 1 fully saturated rings. The van der Waals surface area contributed by atoms with E-state index < -0.39 is 0 Å². The van der Waals surface area contributed by atoms with E-state index in [1.54, 1.807) is 26.4 Å². The summed E-state index contributed by atoms with van der Waals surface area (Å²) in [6.45, 7) is 3.24. The van der Waals surface area contributed by atoms with Gasteiger partial charge in [-0.1, -0.05) is 12.1 Å². The lowest BCUT2D eigenvalue weighted by Gasteiger charge is -2.32. The van der Waals surface area contributed by atoms with Crippen LogP contribution in [0.2, 0.25) is 0 Å². The summed E-state index contributed by atoms with van der Waals surface area (Å²) in [5.41, 5.74) is 4.06. The quantitative estimate of drug-likeness (QED) is 0.538. The minimum atomic E-state index is -0.203. The van der Waals surface area contributed by atoms with Gasteiger partial charge in [0, 0.05) is 44.4 Å². The van der Waals surface area contributed by atoms with E-state index in [9.17, 15) is 4.79 Å². The molecule has 35 heavy (non-hydrogen) atoms. The first-order valence-electron chi connectivity index (χ1n) is 12.0. The molecule has 0 bridgehead atoms. The molecule has 2 aliphatic rings. The molecule has 1 atom stereocenters. The number of benzene rings is 2. The molecule has 2 aliphatic heterocycles. The number of hydrogen-bond donors (Lipinski definition) is 2. The van der Waals surface area contributed by atoms with Crippen LogP contribution in [0.25, 0.3) is 10.9 Å². The molecule has 0 aliphatic carbocycles. The van der Waals surface area contributed by atoms with Crippen LogP contribution >= 0.6 is 0 Å². The van der Waals surface area contributed by atoms with E-state index in [0.29, 0.717) is 41.3 Å². The maximum atomic E-state index is 12.9. The van der Waals surface area contributed by atoms with Gasteiger partial charge in [0.1, 0.15) is 0 Å². The Morgan fingerprint density at radius 1 is 1.23 bits per heavy atom. The molecule has 1 unspecified atom stereocenters. The number of fused-ring (bicyclic) bond motifs is 2. The van der Waals surface area contributed by atoms with E-state index in [0.717, 1.165) is 44.6 Å². The number of H-pyrrole nitrogens is 1. The van der Waals surface area contributed by atoms with Gasteiger partial charge >= 0.3 is 0 Å². The highest BCUT2D eigenvalue weighted by atomic mass is 16.5. The summed E-state index contributed by atoms with van der Waals surface area (Å²) in [5, 5.41) is 13.2. The van der Waals surface area contributed by atoms with Crippen LogP contribution in [-0.2, 0) is 13.0 Å². The van der Waals surface area contributed by atoms with Crippen LogP contribution in [0.1, 0.15) is 30.4 Å². The van der Waals surface area contributed by atoms with Crippen molar-refractivity contribution < 1.29 is 9.47 Å². The monoisotopic (exact) mass is 474 g/mol. The van der Waals surface area contributed by atoms with Crippen molar-refractivity contribution in [2.24, 2.45) is 0 Å². The number of nitriles is 1. The number of ether oxygens (including phenoxy) is 2. The molecule has 2 N–H and O–H groups in total. The average molecular weight is 475 g/mol. The van der Waals surface area contributed by atoms with Crippen molar-refractivity contribution in [3.63, 3.8) is 0 Å². The number of hydrogen-bond acceptors (Lipinski definition) is 8. The molecule has 1 saturated heterocycles. The third-order valence-electron chi connectivity index (χ3n) is 6.96. The molecule has 182 valence electrons. The number of nitrogens with one attached hydrogen (secondary N) is 2. The smallest absolute Gasteiger partial charge is 0.260 e. The minimum Gasteiger partial charge on any atom is -0.493 e. The Morgan fingerprint density at radius 2 is 2.06 bits per heavy atom. The Kier molecular flexibility index (Phi) is 6.47. The third-order valence-corrected chi connectivity index (χ3v) is 6.96. The zero-order valence-corrected chi connectivity index (χ0v) is 20.1. The van der Waals surface area contributed by atoms with Crippen molar-refractivity contribution in [2.45, 2.75) is 38.4 Å². The summed E-state index contributed by atoms with van der Waals surface area (Å²) in [7, 11) is 3.11. The SMILES string of the molecule is COc1cc2nc(N3CCc4c(cccc4NC4CCCN4CCC#N)C3)[nH]c(=O)c2cc1OC. The van der Waals surface area contributed by atoms with Crippen LogP contribution in [0.15, 0.2) is 35.1 Å². The topological polar surface area (TPSA) is 107 Å². The predicted octanol–water partition coefficient (Wildman–Crippen LogP) is 3.25. The van der Waals surface area contributed by atoms with Gasteiger partial charge in [0.2, 0.25) is 5.95 Å². The van der Waals surface area contributed by atoms with Gasteiger partial charge in [-0.05, 0) is 42.5 Å². The van der Waals surface area contributed by atoms with Crippen molar-refractivity contribution >= 4 is 22.5 Å². The van der Waals surface area contributed by atoms with Gasteiger partial charge in [0.05, 0.1) is 37.4 Å². The highest BCUT2D eigenvalue weighted by Crippen LogP contribution is 2.32. The van der Waals surface area contributed by atoms with Crippen molar-refractivity contribution in [3.05, 3.63) is 51.8 Å². The van der Waals surface area contributed by atoms with Gasteiger partial charge in [-0.15, -0.1) is 0 Å². The van der Waals surface area contributed by atoms with Gasteiger partial charge < -0.3 is 19.7 Å². The summed E-state index contributed by atoms with van der Waals surface area (Å²) >= 11 is 0. The Balaban J connectivity index is 1.39. The van der Waals surface area contributed by atoms with E-state index in [1.165, 1.54) is 11.1 Å². The first-order chi connectivity index (χ1) is 17.1. The van der Waals surface area contributed by atoms with Crippen LogP contribution in [0.3, 0.4) is 0 Å². The first kappa shape index (κ1) is 23.0. The zero-order chi connectivity index (χ0) is 24.4. The molecule has 0 amide bonds. The summed E-state index contributed by atoms with van der Waals surface area (Å²) in [4.78, 5) is 25.0. The van der Waals surface area contributed by atoms with Crippen molar-refractivity contribution in [1.29, 1.82) is 5.26 Å². The highest BCUT2D eigenvalue weighted by Gasteiger charge is 2.26. The molecular weight excluding hydrogens is 444 g/mol. The molecule has 9 heteroatoms. The molecule has 0 spiro atoms. The largest absolute Gasteiger partial charge is 0.493 e. The van der Waals surface area contributed by atoms with Gasteiger partial charge in [-0.2, -0.15) is 5.26 Å². The number of nitrogens with zero attached hydrogens (tertiary/aromatic N) is 4. The molecule has 3 heterocycles. The molecular formula is C26H30N6O3. The maximum Gasteiger partial charge on any atom is 0.260 e. The Bertz CT molecular complexity index is 1330. The van der Waals surface area contributed by atoms with Gasteiger partial charge in [-0.3, -0.25) is 14.7 Å². The van der Waals surface area contributed by atoms with Crippen LogP contribution < -0.4 is 25.2 Å². The van der Waals surface area contributed by atoms with Crippen LogP contribution in [0.5, 0.6) is 11.5 Å². The first-order valence-corrected chi connectivity index (χ1v) is 12.0. The summed E-state index contributed by atoms with van der Waals surface area (Å²) < 4.78 is 10.7. The second-order valence-electron chi connectivity index (χ2n) is 8.98. The Morgan fingerprint density at radius 3 is 2.86 bits per heavy atom. The lowest BCUT2D eigenvalue weighted by molar-refractivity contribution is 0.281. The van der Waals surface area contributed by atoms with Crippen LogP contribution in [0.4, 0.5) is 11.6 Å². The maximum absolute atomic E-state index is 12.9. The van der Waals surface area contributed by atoms with Crippen LogP contribution in [-0.4, -0.2) is 54.9 Å². The molecule has 0 saturated carbocycles. The second kappa shape index (κ2) is 9.84. The van der Waals surface area contributed by atoms with Gasteiger partial charge in [0.15, 0.2) is 11.5 Å². The number of aromatic nitrogens is 2. The summed E-state index contributed by atoms with van der Waals surface area (Å²) in [6, 6.07) is 12.0. The van der Waals surface area contributed by atoms with Gasteiger partial charge in [0.25, 0.3) is 5.56 Å². The average Bonchev–Trinajstić information content (AvgIpc) is 3.33. The van der Waals surface area contributed by atoms with E-state index >= 15 is 0 Å². The van der Waals surface area contributed by atoms with Crippen molar-refractivity contribution in [1.82, 2.24) is 14.9 Å². The van der Waals surface area contributed by atoms with Gasteiger partial charge in [-0.25, -0.2) is 4.98 Å². The zero-order valence-electron chi connectivity index (χ0n) is 20.1. The molecule has 0 radical (unpaired) electrons. The summed E-state index contributed by atoms with van der Waals surface area (Å²) in [5.74, 6) is 1.59. The number of likely N-dealkylation sites (tertiary alicyclic amines) is 1. The van der Waals surface area contributed by atoms with Crippen molar-refractivity contribution in [3.8, 4) is 17.6 Å². The molecule has 3 aromatic rings. The normalized spacial score (nSPS) is 17.7. The molecule has 9 nitrogen and oxygen atoms in total. The number of anilines is 2. The number of rotatable bonds is 7.